The van der Waals surface area contributed by atoms with E-state index in [-0.39, 0.29) is 11.1 Å². The van der Waals surface area contributed by atoms with Crippen molar-refractivity contribution in [3.63, 3.8) is 0 Å². The quantitative estimate of drug-likeness (QED) is 0.622. The second-order valence-corrected chi connectivity index (χ2v) is 7.34. The van der Waals surface area contributed by atoms with Crippen LogP contribution in [0.3, 0.4) is 0 Å². The molecule has 0 heterocycles. The van der Waals surface area contributed by atoms with Gasteiger partial charge in [-0.1, -0.05) is 12.1 Å². The molecule has 0 aromatic heterocycles. The summed E-state index contributed by atoms with van der Waals surface area (Å²) in [4.78, 5) is 33.5. The zero-order valence-electron chi connectivity index (χ0n) is 12.5. The molecular formula is C16H11F4O4P. The Balaban J connectivity index is 2.17. The molecule has 2 aromatic carbocycles. The van der Waals surface area contributed by atoms with Gasteiger partial charge in [0.1, 0.15) is 23.3 Å². The van der Waals surface area contributed by atoms with Crippen LogP contribution < -0.4 is 0 Å². The van der Waals surface area contributed by atoms with Crippen LogP contribution in [0.25, 0.3) is 0 Å². The Labute approximate surface area is 139 Å². The summed E-state index contributed by atoms with van der Waals surface area (Å²) in [6, 6.07) is 4.49. The summed E-state index contributed by atoms with van der Waals surface area (Å²) in [7, 11) is -5.07. The third kappa shape index (κ3) is 4.41. The molecule has 9 heteroatoms. The molecule has 1 N–H and O–H groups in total. The van der Waals surface area contributed by atoms with E-state index >= 15 is 0 Å². The smallest absolute Gasteiger partial charge is 0.328 e. The van der Waals surface area contributed by atoms with Crippen molar-refractivity contribution in [1.82, 2.24) is 0 Å². The fourth-order valence-corrected chi connectivity index (χ4v) is 3.06. The molecule has 0 aliphatic rings. The van der Waals surface area contributed by atoms with Gasteiger partial charge in [0, 0.05) is 25.0 Å². The first-order chi connectivity index (χ1) is 11.6. The van der Waals surface area contributed by atoms with Crippen molar-refractivity contribution in [1.29, 1.82) is 0 Å². The van der Waals surface area contributed by atoms with Gasteiger partial charge in [-0.2, -0.15) is 0 Å². The average molecular weight is 374 g/mol. The fraction of sp³-hybridized carbons (Fsp3) is 0.125. The zero-order valence-corrected chi connectivity index (χ0v) is 13.4. The molecule has 0 radical (unpaired) electrons. The maximum absolute atomic E-state index is 13.5. The summed E-state index contributed by atoms with van der Waals surface area (Å²) >= 11 is 0. The second-order valence-electron chi connectivity index (χ2n) is 5.19. The van der Waals surface area contributed by atoms with Crippen molar-refractivity contribution in [3.8, 4) is 0 Å². The van der Waals surface area contributed by atoms with Gasteiger partial charge in [0.15, 0.2) is 0 Å². The first-order valence-corrected chi connectivity index (χ1v) is 8.54. The molecule has 2 rings (SSSR count). The van der Waals surface area contributed by atoms with Gasteiger partial charge in [-0.05, 0) is 23.3 Å². The van der Waals surface area contributed by atoms with Crippen LogP contribution in [0.5, 0.6) is 0 Å². The lowest BCUT2D eigenvalue weighted by molar-refractivity contribution is -0.115. The van der Waals surface area contributed by atoms with E-state index in [0.29, 0.717) is 12.1 Å². The molecule has 0 saturated carbocycles. The summed E-state index contributed by atoms with van der Waals surface area (Å²) in [6.45, 7) is 0. The van der Waals surface area contributed by atoms with Gasteiger partial charge >= 0.3 is 7.37 Å². The van der Waals surface area contributed by atoms with Crippen LogP contribution in [-0.2, 0) is 27.0 Å². The lowest BCUT2D eigenvalue weighted by Gasteiger charge is -2.10. The maximum atomic E-state index is 13.5. The van der Waals surface area contributed by atoms with Gasteiger partial charge in [-0.15, -0.1) is 0 Å². The molecule has 2 aromatic rings. The number of hydrogen-bond donors (Lipinski definition) is 1. The largest absolute Gasteiger partial charge is 0.334 e. The van der Waals surface area contributed by atoms with E-state index in [0.717, 1.165) is 24.3 Å². The van der Waals surface area contributed by atoms with Crippen LogP contribution in [0.15, 0.2) is 36.4 Å². The van der Waals surface area contributed by atoms with Crippen LogP contribution in [0.2, 0.25) is 0 Å². The minimum Gasteiger partial charge on any atom is -0.334 e. The summed E-state index contributed by atoms with van der Waals surface area (Å²) in [5, 5.41) is 0. The van der Waals surface area contributed by atoms with Crippen LogP contribution in [0.4, 0.5) is 17.6 Å². The normalized spacial score (nSPS) is 11.4. The first kappa shape index (κ1) is 19.0. The highest BCUT2D eigenvalue weighted by Gasteiger charge is 2.37. The third-order valence-electron chi connectivity index (χ3n) is 3.39. The molecule has 132 valence electrons. The predicted molar refractivity (Wildman–Crippen MR) is 80.0 cm³/mol. The molecule has 0 bridgehead atoms. The number of halogens is 4. The number of hydrogen-bond acceptors (Lipinski definition) is 3. The Morgan fingerprint density at radius 3 is 1.48 bits per heavy atom. The Morgan fingerprint density at radius 1 is 0.800 bits per heavy atom. The van der Waals surface area contributed by atoms with Gasteiger partial charge in [0.05, 0.1) is 0 Å². The van der Waals surface area contributed by atoms with Gasteiger partial charge in [-0.3, -0.25) is 14.2 Å². The van der Waals surface area contributed by atoms with Gasteiger partial charge in [0.25, 0.3) is 0 Å². The van der Waals surface area contributed by atoms with E-state index in [9.17, 15) is 36.6 Å². The molecule has 4 nitrogen and oxygen atoms in total. The molecule has 0 aliphatic heterocycles. The average Bonchev–Trinajstić information content (AvgIpc) is 2.52. The summed E-state index contributed by atoms with van der Waals surface area (Å²) in [5.74, 6) is -4.01. The summed E-state index contributed by atoms with van der Waals surface area (Å²) in [5.41, 5.74) is -3.65. The van der Waals surface area contributed by atoms with Crippen LogP contribution in [-0.4, -0.2) is 15.9 Å². The molecule has 25 heavy (non-hydrogen) atoms. The summed E-state index contributed by atoms with van der Waals surface area (Å²) < 4.78 is 64.7. The van der Waals surface area contributed by atoms with E-state index < -0.39 is 54.5 Å². The Hall–Kier alpha value is -2.31. The molecule has 0 unspecified atom stereocenters. The van der Waals surface area contributed by atoms with Crippen molar-refractivity contribution in [3.05, 3.63) is 70.8 Å². The van der Waals surface area contributed by atoms with Crippen molar-refractivity contribution in [2.75, 3.05) is 0 Å². The molecule has 0 fully saturated rings. The monoisotopic (exact) mass is 374 g/mol. The lowest BCUT2D eigenvalue weighted by Crippen LogP contribution is -2.15. The molecule has 0 aliphatic carbocycles. The van der Waals surface area contributed by atoms with E-state index in [1.54, 1.807) is 0 Å². The topological polar surface area (TPSA) is 71.4 Å². The molecule has 0 atom stereocenters. The highest BCUT2D eigenvalue weighted by molar-refractivity contribution is 7.89. The minimum absolute atomic E-state index is 0.360. The lowest BCUT2D eigenvalue weighted by atomic mass is 10.1. The van der Waals surface area contributed by atoms with Crippen LogP contribution in [0.1, 0.15) is 11.1 Å². The Bertz CT molecular complexity index is 828. The molecule has 0 spiro atoms. The Morgan fingerprint density at radius 2 is 1.16 bits per heavy atom. The number of rotatable bonds is 6. The Kier molecular flexibility index (Phi) is 5.55. The zero-order chi connectivity index (χ0) is 18.8. The fourth-order valence-electron chi connectivity index (χ4n) is 2.01. The molecule has 0 saturated heterocycles. The van der Waals surface area contributed by atoms with Gasteiger partial charge in [-0.25, -0.2) is 17.6 Å². The highest BCUT2D eigenvalue weighted by Crippen LogP contribution is 2.44. The van der Waals surface area contributed by atoms with Crippen LogP contribution in [0, 0.1) is 23.3 Å². The van der Waals surface area contributed by atoms with E-state index in [1.165, 1.54) is 0 Å². The standard InChI is InChI=1S/C16H11F4O4P/c17-11-3-1-9(13(19)7-11)5-15(21)25(23,24)16(22)6-10-2-4-12(18)8-14(10)20/h1-4,7-8H,5-6H2,(H,23,24). The molecular weight excluding hydrogens is 363 g/mol. The predicted octanol–water partition coefficient (Wildman–Crippen LogP) is 3.35. The van der Waals surface area contributed by atoms with E-state index in [2.05, 4.69) is 0 Å². The van der Waals surface area contributed by atoms with Crippen molar-refractivity contribution in [2.45, 2.75) is 12.8 Å². The van der Waals surface area contributed by atoms with Crippen molar-refractivity contribution >= 4 is 18.4 Å². The van der Waals surface area contributed by atoms with Crippen LogP contribution >= 0.6 is 7.37 Å². The maximum Gasteiger partial charge on any atom is 0.328 e. The van der Waals surface area contributed by atoms with Gasteiger partial charge < -0.3 is 4.89 Å². The van der Waals surface area contributed by atoms with Crippen molar-refractivity contribution in [2.24, 2.45) is 0 Å². The van der Waals surface area contributed by atoms with E-state index in [1.807, 2.05) is 0 Å². The first-order valence-electron chi connectivity index (χ1n) is 6.88. The van der Waals surface area contributed by atoms with E-state index in [4.69, 9.17) is 0 Å². The van der Waals surface area contributed by atoms with Gasteiger partial charge in [0.2, 0.25) is 11.0 Å². The number of benzene rings is 2. The second kappa shape index (κ2) is 7.29. The SMILES string of the molecule is O=C(Cc1ccc(F)cc1F)P(=O)(O)C(=O)Cc1ccc(F)cc1F. The number of carbonyl (C=O) groups is 2. The molecule has 0 amide bonds. The summed E-state index contributed by atoms with van der Waals surface area (Å²) in [6.07, 6.45) is -1.81. The highest BCUT2D eigenvalue weighted by atomic mass is 31.2. The van der Waals surface area contributed by atoms with Crippen molar-refractivity contribution < 1.29 is 36.6 Å². The minimum atomic E-state index is -5.07. The number of carbonyl (C=O) groups excluding carboxylic acids is 2. The third-order valence-corrected chi connectivity index (χ3v) is 5.06.